The first-order valence-electron chi connectivity index (χ1n) is 7.48. The molecule has 1 amide bonds. The Morgan fingerprint density at radius 2 is 2.04 bits per heavy atom. The van der Waals surface area contributed by atoms with Gasteiger partial charge in [0, 0.05) is 11.9 Å². The zero-order valence-electron chi connectivity index (χ0n) is 13.7. The molecule has 0 radical (unpaired) electrons. The van der Waals surface area contributed by atoms with Crippen LogP contribution in [0, 0.1) is 13.8 Å². The summed E-state index contributed by atoms with van der Waals surface area (Å²) in [4.78, 5) is 20.3. The number of halogens is 4. The van der Waals surface area contributed by atoms with E-state index in [2.05, 4.69) is 20.4 Å². The van der Waals surface area contributed by atoms with E-state index in [0.717, 1.165) is 10.7 Å². The minimum Gasteiger partial charge on any atom is -0.309 e. The van der Waals surface area contributed by atoms with Crippen LogP contribution in [0.15, 0.2) is 24.4 Å². The van der Waals surface area contributed by atoms with Crippen molar-refractivity contribution in [2.24, 2.45) is 0 Å². The Morgan fingerprint density at radius 3 is 2.65 bits per heavy atom. The Morgan fingerprint density at radius 1 is 1.31 bits per heavy atom. The van der Waals surface area contributed by atoms with Gasteiger partial charge >= 0.3 is 6.18 Å². The second-order valence-corrected chi connectivity index (χ2v) is 6.10. The highest BCUT2D eigenvalue weighted by atomic mass is 35.5. The van der Waals surface area contributed by atoms with Gasteiger partial charge in [-0.1, -0.05) is 11.6 Å². The van der Waals surface area contributed by atoms with E-state index in [9.17, 15) is 18.0 Å². The number of rotatable bonds is 3. The molecule has 0 fully saturated rings. The van der Waals surface area contributed by atoms with E-state index >= 15 is 0 Å². The predicted molar refractivity (Wildman–Crippen MR) is 89.9 cm³/mol. The van der Waals surface area contributed by atoms with E-state index in [-0.39, 0.29) is 34.8 Å². The van der Waals surface area contributed by atoms with Crippen molar-refractivity contribution in [2.45, 2.75) is 26.6 Å². The van der Waals surface area contributed by atoms with Gasteiger partial charge in [0.1, 0.15) is 12.4 Å². The smallest absolute Gasteiger partial charge is 0.309 e. The van der Waals surface area contributed by atoms with E-state index in [1.807, 2.05) is 0 Å². The molecule has 26 heavy (non-hydrogen) atoms. The lowest BCUT2D eigenvalue weighted by Crippen LogP contribution is -2.20. The number of amides is 1. The standard InChI is InChI=1S/C16H13ClF3N5O/c1-8-5-11(16(18,19)20)14-9(2)24-25(15(14)22-8)7-13(26)23-12-4-3-10(17)6-21-12/h3-6H,7H2,1-2H3,(H,21,23,26). The van der Waals surface area contributed by atoms with Crippen molar-refractivity contribution in [3.8, 4) is 0 Å². The Bertz CT molecular complexity index is 982. The van der Waals surface area contributed by atoms with Crippen molar-refractivity contribution in [3.05, 3.63) is 46.4 Å². The van der Waals surface area contributed by atoms with E-state index in [1.54, 1.807) is 6.07 Å². The summed E-state index contributed by atoms with van der Waals surface area (Å²) in [6.45, 7) is 2.60. The molecule has 3 aromatic heterocycles. The Kier molecular flexibility index (Phi) is 4.57. The number of fused-ring (bicyclic) bond motifs is 1. The molecule has 1 N–H and O–H groups in total. The molecule has 0 spiro atoms. The zero-order valence-corrected chi connectivity index (χ0v) is 14.5. The van der Waals surface area contributed by atoms with Crippen molar-refractivity contribution in [2.75, 3.05) is 5.32 Å². The number of anilines is 1. The number of hydrogen-bond donors (Lipinski definition) is 1. The van der Waals surface area contributed by atoms with Crippen molar-refractivity contribution >= 4 is 34.4 Å². The van der Waals surface area contributed by atoms with Crippen LogP contribution in [0.2, 0.25) is 5.02 Å². The maximum atomic E-state index is 13.3. The Balaban J connectivity index is 1.94. The summed E-state index contributed by atoms with van der Waals surface area (Å²) in [5.41, 5.74) is -0.472. The van der Waals surface area contributed by atoms with Crippen LogP contribution in [-0.2, 0) is 17.5 Å². The number of carbonyl (C=O) groups is 1. The average Bonchev–Trinajstić information content (AvgIpc) is 2.83. The van der Waals surface area contributed by atoms with Gasteiger partial charge in [-0.3, -0.25) is 4.79 Å². The molecule has 10 heteroatoms. The second-order valence-electron chi connectivity index (χ2n) is 5.66. The molecule has 0 aliphatic carbocycles. The first-order valence-corrected chi connectivity index (χ1v) is 7.86. The summed E-state index contributed by atoms with van der Waals surface area (Å²) in [7, 11) is 0. The molecule has 0 saturated heterocycles. The zero-order chi connectivity index (χ0) is 19.1. The Labute approximate surface area is 151 Å². The first-order chi connectivity index (χ1) is 12.1. The number of nitrogens with zero attached hydrogens (tertiary/aromatic N) is 4. The number of aryl methyl sites for hydroxylation is 2. The molecule has 0 bridgehead atoms. The van der Waals surface area contributed by atoms with Crippen LogP contribution in [0.4, 0.5) is 19.0 Å². The maximum Gasteiger partial charge on any atom is 0.417 e. The van der Waals surface area contributed by atoms with Crippen LogP contribution in [0.1, 0.15) is 17.0 Å². The van der Waals surface area contributed by atoms with Crippen molar-refractivity contribution in [1.29, 1.82) is 0 Å². The van der Waals surface area contributed by atoms with Crippen molar-refractivity contribution in [1.82, 2.24) is 19.7 Å². The molecule has 6 nitrogen and oxygen atoms in total. The van der Waals surface area contributed by atoms with Gasteiger partial charge in [-0.2, -0.15) is 18.3 Å². The maximum absolute atomic E-state index is 13.3. The highest BCUT2D eigenvalue weighted by Crippen LogP contribution is 2.36. The average molecular weight is 384 g/mol. The minimum atomic E-state index is -4.54. The van der Waals surface area contributed by atoms with Gasteiger partial charge in [-0.25, -0.2) is 14.6 Å². The molecule has 0 aliphatic rings. The van der Waals surface area contributed by atoms with Crippen LogP contribution in [0.5, 0.6) is 0 Å². The molecule has 0 aromatic carbocycles. The van der Waals surface area contributed by atoms with Gasteiger partial charge in [-0.15, -0.1) is 0 Å². The van der Waals surface area contributed by atoms with Gasteiger partial charge in [0.15, 0.2) is 5.65 Å². The lowest BCUT2D eigenvalue weighted by molar-refractivity contribution is -0.136. The summed E-state index contributed by atoms with van der Waals surface area (Å²) >= 11 is 5.72. The lowest BCUT2D eigenvalue weighted by atomic mass is 10.1. The van der Waals surface area contributed by atoms with Crippen molar-refractivity contribution < 1.29 is 18.0 Å². The molecule has 0 saturated carbocycles. The number of pyridine rings is 2. The highest BCUT2D eigenvalue weighted by molar-refractivity contribution is 6.30. The number of aromatic nitrogens is 4. The molecular weight excluding hydrogens is 371 g/mol. The van der Waals surface area contributed by atoms with Gasteiger partial charge in [0.25, 0.3) is 0 Å². The molecule has 0 unspecified atom stereocenters. The van der Waals surface area contributed by atoms with Gasteiger partial charge in [-0.05, 0) is 32.0 Å². The predicted octanol–water partition coefficient (Wildman–Crippen LogP) is 3.75. The molecule has 3 heterocycles. The van der Waals surface area contributed by atoms with E-state index in [4.69, 9.17) is 11.6 Å². The van der Waals surface area contributed by atoms with Crippen molar-refractivity contribution in [3.63, 3.8) is 0 Å². The normalized spacial score (nSPS) is 11.8. The highest BCUT2D eigenvalue weighted by Gasteiger charge is 2.35. The van der Waals surface area contributed by atoms with E-state index < -0.39 is 17.6 Å². The van der Waals surface area contributed by atoms with Crippen LogP contribution < -0.4 is 5.32 Å². The third kappa shape index (κ3) is 3.62. The number of nitrogens with one attached hydrogen (secondary N) is 1. The molecule has 3 rings (SSSR count). The summed E-state index contributed by atoms with van der Waals surface area (Å²) in [6.07, 6.45) is -3.18. The molecule has 136 valence electrons. The van der Waals surface area contributed by atoms with Crippen LogP contribution >= 0.6 is 11.6 Å². The number of hydrogen-bond acceptors (Lipinski definition) is 4. The summed E-state index contributed by atoms with van der Waals surface area (Å²) in [6, 6.07) is 4.04. The fourth-order valence-corrected chi connectivity index (χ4v) is 2.69. The van der Waals surface area contributed by atoms with Gasteiger partial charge in [0.2, 0.25) is 5.91 Å². The van der Waals surface area contributed by atoms with Crippen LogP contribution in [0.25, 0.3) is 11.0 Å². The quantitative estimate of drug-likeness (QED) is 0.747. The first kappa shape index (κ1) is 18.1. The van der Waals surface area contributed by atoms with Gasteiger partial charge < -0.3 is 5.32 Å². The van der Waals surface area contributed by atoms with Gasteiger partial charge in [0.05, 0.1) is 21.7 Å². The fraction of sp³-hybridized carbons (Fsp3) is 0.250. The second kappa shape index (κ2) is 6.56. The summed E-state index contributed by atoms with van der Waals surface area (Å²) in [5, 5.41) is 6.89. The largest absolute Gasteiger partial charge is 0.417 e. The number of carbonyl (C=O) groups excluding carboxylic acids is 1. The Hall–Kier alpha value is -2.68. The topological polar surface area (TPSA) is 72.7 Å². The molecular formula is C16H13ClF3N5O. The summed E-state index contributed by atoms with van der Waals surface area (Å²) < 4.78 is 41.1. The molecule has 0 atom stereocenters. The third-order valence-electron chi connectivity index (χ3n) is 3.60. The SMILES string of the molecule is Cc1cc(C(F)(F)F)c2c(C)nn(CC(=O)Nc3ccc(Cl)cn3)c2n1. The monoisotopic (exact) mass is 383 g/mol. The molecule has 3 aromatic rings. The van der Waals surface area contributed by atoms with Crippen LogP contribution in [-0.4, -0.2) is 25.7 Å². The third-order valence-corrected chi connectivity index (χ3v) is 3.82. The van der Waals surface area contributed by atoms with E-state index in [1.165, 1.54) is 26.1 Å². The number of alkyl halides is 3. The minimum absolute atomic E-state index is 0.00837. The van der Waals surface area contributed by atoms with Crippen LogP contribution in [0.3, 0.4) is 0 Å². The summed E-state index contributed by atoms with van der Waals surface area (Å²) in [5.74, 6) is -0.228. The molecule has 0 aliphatic heterocycles. The fourth-order valence-electron chi connectivity index (χ4n) is 2.58. The lowest BCUT2D eigenvalue weighted by Gasteiger charge is -2.10. The van der Waals surface area contributed by atoms with E-state index in [0.29, 0.717) is 5.02 Å².